The van der Waals surface area contributed by atoms with E-state index in [1.165, 1.54) is 37.6 Å². The summed E-state index contributed by atoms with van der Waals surface area (Å²) < 4.78 is 10.6. The molecule has 3 saturated heterocycles. The second-order valence-electron chi connectivity index (χ2n) is 9.45. The van der Waals surface area contributed by atoms with Crippen LogP contribution in [0.2, 0.25) is 0 Å². The van der Waals surface area contributed by atoms with Crippen LogP contribution in [-0.2, 0) is 12.1 Å². The molecule has 2 aromatic rings. The van der Waals surface area contributed by atoms with E-state index in [1.54, 1.807) is 13.3 Å². The monoisotopic (exact) mass is 438 g/mol. The van der Waals surface area contributed by atoms with E-state index in [0.29, 0.717) is 36.4 Å². The van der Waals surface area contributed by atoms with E-state index in [1.807, 2.05) is 0 Å². The van der Waals surface area contributed by atoms with E-state index in [-0.39, 0.29) is 6.01 Å². The SMILES string of the molecule is COc1ncc(C2(O)CC3CCC(C2)N3Cc2ccccc2N2CCCCC2)c(OC)n1. The molecule has 1 aromatic carbocycles. The summed E-state index contributed by atoms with van der Waals surface area (Å²) in [6.45, 7) is 3.25. The molecule has 7 heteroatoms. The molecule has 3 fully saturated rings. The van der Waals surface area contributed by atoms with E-state index < -0.39 is 5.60 Å². The first-order valence-electron chi connectivity index (χ1n) is 11.9. The summed E-state index contributed by atoms with van der Waals surface area (Å²) in [5.74, 6) is 0.405. The molecule has 0 aliphatic carbocycles. The van der Waals surface area contributed by atoms with Crippen LogP contribution in [-0.4, -0.2) is 59.4 Å². The molecule has 2 atom stereocenters. The van der Waals surface area contributed by atoms with Crippen molar-refractivity contribution < 1.29 is 14.6 Å². The summed E-state index contributed by atoms with van der Waals surface area (Å²) in [4.78, 5) is 13.7. The lowest BCUT2D eigenvalue weighted by Crippen LogP contribution is -2.49. The molecule has 7 nitrogen and oxygen atoms in total. The fourth-order valence-corrected chi connectivity index (χ4v) is 6.00. The molecule has 0 radical (unpaired) electrons. The topological polar surface area (TPSA) is 71.0 Å². The van der Waals surface area contributed by atoms with Crippen molar-refractivity contribution in [3.05, 3.63) is 41.6 Å². The van der Waals surface area contributed by atoms with E-state index in [0.717, 1.165) is 32.5 Å². The number of aliphatic hydroxyl groups is 1. The number of benzene rings is 1. The van der Waals surface area contributed by atoms with Crippen molar-refractivity contribution >= 4 is 5.69 Å². The molecule has 0 amide bonds. The number of fused-ring (bicyclic) bond motifs is 2. The zero-order chi connectivity index (χ0) is 22.1. The maximum atomic E-state index is 11.7. The zero-order valence-electron chi connectivity index (χ0n) is 19.2. The molecule has 172 valence electrons. The lowest BCUT2D eigenvalue weighted by Gasteiger charge is -2.44. The van der Waals surface area contributed by atoms with Gasteiger partial charge in [-0.1, -0.05) is 18.2 Å². The highest BCUT2D eigenvalue weighted by atomic mass is 16.5. The molecule has 4 heterocycles. The van der Waals surface area contributed by atoms with Gasteiger partial charge in [0.05, 0.1) is 25.4 Å². The zero-order valence-corrected chi connectivity index (χ0v) is 19.2. The van der Waals surface area contributed by atoms with Gasteiger partial charge in [0.25, 0.3) is 0 Å². The maximum Gasteiger partial charge on any atom is 0.319 e. The van der Waals surface area contributed by atoms with Crippen LogP contribution in [0.3, 0.4) is 0 Å². The average molecular weight is 439 g/mol. The van der Waals surface area contributed by atoms with Crippen LogP contribution >= 0.6 is 0 Å². The number of piperidine rings is 2. The van der Waals surface area contributed by atoms with E-state index >= 15 is 0 Å². The van der Waals surface area contributed by atoms with Crippen molar-refractivity contribution in [1.29, 1.82) is 0 Å². The van der Waals surface area contributed by atoms with Crippen molar-refractivity contribution in [2.24, 2.45) is 0 Å². The summed E-state index contributed by atoms with van der Waals surface area (Å²) in [5, 5.41) is 11.7. The van der Waals surface area contributed by atoms with Gasteiger partial charge in [0.2, 0.25) is 5.88 Å². The minimum Gasteiger partial charge on any atom is -0.481 e. The Kier molecular flexibility index (Phi) is 5.95. The first kappa shape index (κ1) is 21.5. The molecule has 32 heavy (non-hydrogen) atoms. The third-order valence-electron chi connectivity index (χ3n) is 7.57. The molecule has 0 saturated carbocycles. The Balaban J connectivity index is 1.37. The number of hydrogen-bond acceptors (Lipinski definition) is 7. The number of methoxy groups -OCH3 is 2. The number of anilines is 1. The largest absolute Gasteiger partial charge is 0.481 e. The maximum absolute atomic E-state index is 11.7. The lowest BCUT2D eigenvalue weighted by atomic mass is 9.81. The van der Waals surface area contributed by atoms with Crippen LogP contribution in [0.5, 0.6) is 11.9 Å². The summed E-state index contributed by atoms with van der Waals surface area (Å²) >= 11 is 0. The van der Waals surface area contributed by atoms with Crippen molar-refractivity contribution in [1.82, 2.24) is 14.9 Å². The second-order valence-corrected chi connectivity index (χ2v) is 9.45. The Hall–Kier alpha value is -2.38. The van der Waals surface area contributed by atoms with Gasteiger partial charge >= 0.3 is 6.01 Å². The summed E-state index contributed by atoms with van der Waals surface area (Å²) in [7, 11) is 3.11. The van der Waals surface area contributed by atoms with Crippen molar-refractivity contribution in [3.8, 4) is 11.9 Å². The molecule has 1 aromatic heterocycles. The third kappa shape index (κ3) is 3.92. The molecule has 3 aliphatic heterocycles. The Morgan fingerprint density at radius 3 is 2.44 bits per heavy atom. The lowest BCUT2D eigenvalue weighted by molar-refractivity contribution is -0.0612. The molecular formula is C25H34N4O3. The number of ether oxygens (including phenoxy) is 2. The number of hydrogen-bond donors (Lipinski definition) is 1. The normalized spacial score (nSPS) is 28.0. The fraction of sp³-hybridized carbons (Fsp3) is 0.600. The smallest absolute Gasteiger partial charge is 0.319 e. The van der Waals surface area contributed by atoms with Crippen LogP contribution in [0, 0.1) is 0 Å². The minimum atomic E-state index is -0.980. The van der Waals surface area contributed by atoms with Crippen LogP contribution in [0.25, 0.3) is 0 Å². The van der Waals surface area contributed by atoms with Gasteiger partial charge in [0, 0.05) is 43.6 Å². The van der Waals surface area contributed by atoms with E-state index in [2.05, 4.69) is 44.0 Å². The molecule has 2 unspecified atom stereocenters. The standard InChI is InChI=1S/C25H34N4O3/c1-31-23-21(16-26-24(27-23)32-2)25(30)14-19-10-11-20(15-25)29(19)17-18-8-4-5-9-22(18)28-12-6-3-7-13-28/h4-5,8-9,16,19-20,30H,3,6-7,10-15,17H2,1-2H3. The van der Waals surface area contributed by atoms with E-state index in [9.17, 15) is 5.11 Å². The van der Waals surface area contributed by atoms with Crippen molar-refractivity contribution in [2.75, 3.05) is 32.2 Å². The van der Waals surface area contributed by atoms with Gasteiger partial charge in [-0.15, -0.1) is 0 Å². The van der Waals surface area contributed by atoms with Crippen LogP contribution in [0.4, 0.5) is 5.69 Å². The van der Waals surface area contributed by atoms with E-state index in [4.69, 9.17) is 9.47 Å². The Bertz CT molecular complexity index is 933. The van der Waals surface area contributed by atoms with Gasteiger partial charge in [-0.3, -0.25) is 4.90 Å². The first-order chi connectivity index (χ1) is 15.6. The predicted octanol–water partition coefficient (Wildman–Crippen LogP) is 3.50. The molecular weight excluding hydrogens is 404 g/mol. The Labute approximate surface area is 190 Å². The van der Waals surface area contributed by atoms with Crippen LogP contribution in [0.15, 0.2) is 30.5 Å². The number of aromatic nitrogens is 2. The molecule has 1 N–H and O–H groups in total. The fourth-order valence-electron chi connectivity index (χ4n) is 6.00. The van der Waals surface area contributed by atoms with Crippen molar-refractivity contribution in [2.45, 2.75) is 69.2 Å². The molecule has 3 aliphatic rings. The Morgan fingerprint density at radius 1 is 1.03 bits per heavy atom. The van der Waals surface area contributed by atoms with Crippen LogP contribution in [0.1, 0.15) is 56.1 Å². The summed E-state index contributed by atoms with van der Waals surface area (Å²) in [5.41, 5.74) is 2.48. The highest BCUT2D eigenvalue weighted by Crippen LogP contribution is 2.48. The number of rotatable bonds is 6. The van der Waals surface area contributed by atoms with Crippen LogP contribution < -0.4 is 14.4 Å². The quantitative estimate of drug-likeness (QED) is 0.740. The molecule has 5 rings (SSSR count). The second kappa shape index (κ2) is 8.87. The van der Waals surface area contributed by atoms with Gasteiger partial charge in [0.15, 0.2) is 0 Å². The van der Waals surface area contributed by atoms with Gasteiger partial charge in [0.1, 0.15) is 0 Å². The number of para-hydroxylation sites is 1. The minimum absolute atomic E-state index is 0.254. The Morgan fingerprint density at radius 2 is 1.75 bits per heavy atom. The van der Waals surface area contributed by atoms with Crippen molar-refractivity contribution in [3.63, 3.8) is 0 Å². The summed E-state index contributed by atoms with van der Waals surface area (Å²) in [6, 6.07) is 9.80. The van der Waals surface area contributed by atoms with Gasteiger partial charge in [-0.05, 0) is 56.6 Å². The number of nitrogens with zero attached hydrogens (tertiary/aromatic N) is 4. The van der Waals surface area contributed by atoms with Gasteiger partial charge in [-0.25, -0.2) is 4.98 Å². The first-order valence-corrected chi connectivity index (χ1v) is 11.9. The highest BCUT2D eigenvalue weighted by Gasteiger charge is 2.49. The molecule has 2 bridgehead atoms. The highest BCUT2D eigenvalue weighted by molar-refractivity contribution is 5.54. The van der Waals surface area contributed by atoms with Gasteiger partial charge < -0.3 is 19.5 Å². The molecule has 0 spiro atoms. The van der Waals surface area contributed by atoms with Gasteiger partial charge in [-0.2, -0.15) is 4.98 Å². The summed E-state index contributed by atoms with van der Waals surface area (Å²) in [6.07, 6.45) is 9.13. The third-order valence-corrected chi connectivity index (χ3v) is 7.57. The predicted molar refractivity (Wildman–Crippen MR) is 123 cm³/mol. The average Bonchev–Trinajstić information content (AvgIpc) is 3.08.